The van der Waals surface area contributed by atoms with Gasteiger partial charge in [-0.05, 0) is 40.3 Å². The molecule has 2 unspecified atom stereocenters. The third-order valence-electron chi connectivity index (χ3n) is 3.96. The van der Waals surface area contributed by atoms with Crippen molar-refractivity contribution in [1.82, 2.24) is 0 Å². The number of carbonyl (C=O) groups excluding carboxylic acids is 1. The quantitative estimate of drug-likeness (QED) is 0.693. The van der Waals surface area contributed by atoms with Crippen LogP contribution in [-0.4, -0.2) is 5.78 Å². The second-order valence-corrected chi connectivity index (χ2v) is 6.15. The van der Waals surface area contributed by atoms with Crippen LogP contribution < -0.4 is 0 Å². The van der Waals surface area contributed by atoms with E-state index in [1.165, 1.54) is 5.56 Å². The topological polar surface area (TPSA) is 17.1 Å². The number of hydrogen-bond acceptors (Lipinski definition) is 2. The van der Waals surface area contributed by atoms with E-state index in [1.807, 2.05) is 18.2 Å². The summed E-state index contributed by atoms with van der Waals surface area (Å²) in [5, 5.41) is 4.21. The first kappa shape index (κ1) is 15.0. The molecule has 1 nitrogen and oxygen atoms in total. The van der Waals surface area contributed by atoms with Gasteiger partial charge in [0.05, 0.1) is 0 Å². The smallest absolute Gasteiger partial charge is 0.140 e. The van der Waals surface area contributed by atoms with Crippen LogP contribution in [0.2, 0.25) is 0 Å². The van der Waals surface area contributed by atoms with Crippen molar-refractivity contribution in [3.63, 3.8) is 0 Å². The normalized spacial score (nSPS) is 13.9. The molecule has 0 N–H and O–H groups in total. The number of aryl methyl sites for hydroxylation is 1. The van der Waals surface area contributed by atoms with Crippen molar-refractivity contribution in [1.29, 1.82) is 0 Å². The Labute approximate surface area is 125 Å². The van der Waals surface area contributed by atoms with Gasteiger partial charge in [-0.15, -0.1) is 0 Å². The third kappa shape index (κ3) is 3.80. The van der Waals surface area contributed by atoms with Gasteiger partial charge in [0.25, 0.3) is 0 Å². The summed E-state index contributed by atoms with van der Waals surface area (Å²) in [7, 11) is 0. The monoisotopic (exact) mass is 286 g/mol. The predicted octanol–water partition coefficient (Wildman–Crippen LogP) is 5.08. The Hall–Kier alpha value is -1.41. The van der Waals surface area contributed by atoms with Gasteiger partial charge in [-0.2, -0.15) is 11.3 Å². The van der Waals surface area contributed by atoms with Crippen molar-refractivity contribution >= 4 is 17.1 Å². The molecule has 106 valence electrons. The number of rotatable bonds is 7. The Morgan fingerprint density at radius 2 is 1.95 bits per heavy atom. The zero-order valence-electron chi connectivity index (χ0n) is 12.2. The Morgan fingerprint density at radius 1 is 1.20 bits per heavy atom. The van der Waals surface area contributed by atoms with Crippen molar-refractivity contribution in [2.75, 3.05) is 0 Å². The maximum atomic E-state index is 12.6. The van der Waals surface area contributed by atoms with Crippen molar-refractivity contribution in [2.45, 2.75) is 39.0 Å². The average Bonchev–Trinajstić information content (AvgIpc) is 2.99. The summed E-state index contributed by atoms with van der Waals surface area (Å²) in [4.78, 5) is 12.6. The largest absolute Gasteiger partial charge is 0.299 e. The van der Waals surface area contributed by atoms with Crippen LogP contribution in [0, 0.1) is 5.92 Å². The first-order chi connectivity index (χ1) is 9.72. The fourth-order valence-corrected chi connectivity index (χ4v) is 3.29. The standard InChI is InChI=1S/C18H22OS/c1-3-14(2)18(16-7-5-4-6-8-16)17(19)10-9-15-11-12-20-13-15/h4-8,11-14,18H,3,9-10H2,1-2H3. The molecule has 1 aromatic carbocycles. The summed E-state index contributed by atoms with van der Waals surface area (Å²) in [6.07, 6.45) is 2.53. The maximum absolute atomic E-state index is 12.6. The number of hydrogen-bond donors (Lipinski definition) is 0. The zero-order valence-corrected chi connectivity index (χ0v) is 13.0. The average molecular weight is 286 g/mol. The van der Waals surface area contributed by atoms with E-state index in [0.717, 1.165) is 18.4 Å². The third-order valence-corrected chi connectivity index (χ3v) is 4.69. The maximum Gasteiger partial charge on any atom is 0.140 e. The number of Topliss-reactive ketones (excluding diaryl/α,β-unsaturated/α-hetero) is 1. The summed E-state index contributed by atoms with van der Waals surface area (Å²) < 4.78 is 0. The molecule has 0 bridgehead atoms. The molecule has 0 spiro atoms. The summed E-state index contributed by atoms with van der Waals surface area (Å²) >= 11 is 1.70. The van der Waals surface area contributed by atoms with Crippen LogP contribution >= 0.6 is 11.3 Å². The molecule has 0 aliphatic rings. The number of thiophene rings is 1. The first-order valence-corrected chi connectivity index (χ1v) is 8.25. The molecule has 1 aromatic heterocycles. The van der Waals surface area contributed by atoms with Crippen LogP contribution in [0.3, 0.4) is 0 Å². The second kappa shape index (κ2) is 7.39. The van der Waals surface area contributed by atoms with E-state index in [9.17, 15) is 4.79 Å². The Morgan fingerprint density at radius 3 is 2.55 bits per heavy atom. The highest BCUT2D eigenvalue weighted by Gasteiger charge is 2.25. The van der Waals surface area contributed by atoms with E-state index >= 15 is 0 Å². The van der Waals surface area contributed by atoms with Crippen LogP contribution in [-0.2, 0) is 11.2 Å². The van der Waals surface area contributed by atoms with E-state index in [0.29, 0.717) is 18.1 Å². The minimum Gasteiger partial charge on any atom is -0.299 e. The van der Waals surface area contributed by atoms with Gasteiger partial charge in [-0.3, -0.25) is 4.79 Å². The van der Waals surface area contributed by atoms with Gasteiger partial charge in [-0.1, -0.05) is 50.6 Å². The van der Waals surface area contributed by atoms with Crippen LogP contribution in [0.25, 0.3) is 0 Å². The molecular formula is C18H22OS. The molecule has 1 heterocycles. The fourth-order valence-electron chi connectivity index (χ4n) is 2.59. The van der Waals surface area contributed by atoms with E-state index in [2.05, 4.69) is 42.8 Å². The SMILES string of the molecule is CCC(C)C(C(=O)CCc1ccsc1)c1ccccc1. The molecule has 2 aromatic rings. The molecule has 2 rings (SSSR count). The summed E-state index contributed by atoms with van der Waals surface area (Å²) in [6.45, 7) is 4.34. The van der Waals surface area contributed by atoms with Crippen molar-refractivity contribution < 1.29 is 4.79 Å². The van der Waals surface area contributed by atoms with Crippen LogP contribution in [0.1, 0.15) is 43.7 Å². The van der Waals surface area contributed by atoms with Crippen LogP contribution in [0.15, 0.2) is 47.2 Å². The van der Waals surface area contributed by atoms with Gasteiger partial charge in [0.15, 0.2) is 0 Å². The molecule has 2 heteroatoms. The van der Waals surface area contributed by atoms with E-state index < -0.39 is 0 Å². The van der Waals surface area contributed by atoms with Crippen molar-refractivity contribution in [3.05, 3.63) is 58.3 Å². The van der Waals surface area contributed by atoms with Gasteiger partial charge in [-0.25, -0.2) is 0 Å². The van der Waals surface area contributed by atoms with Crippen molar-refractivity contribution in [2.24, 2.45) is 5.92 Å². The van der Waals surface area contributed by atoms with Crippen LogP contribution in [0.5, 0.6) is 0 Å². The highest BCUT2D eigenvalue weighted by Crippen LogP contribution is 2.29. The van der Waals surface area contributed by atoms with Crippen LogP contribution in [0.4, 0.5) is 0 Å². The highest BCUT2D eigenvalue weighted by molar-refractivity contribution is 7.07. The summed E-state index contributed by atoms with van der Waals surface area (Å²) in [5.41, 5.74) is 2.44. The molecule has 0 fully saturated rings. The van der Waals surface area contributed by atoms with Gasteiger partial charge in [0.2, 0.25) is 0 Å². The van der Waals surface area contributed by atoms with E-state index in [4.69, 9.17) is 0 Å². The van der Waals surface area contributed by atoms with Gasteiger partial charge >= 0.3 is 0 Å². The minimum absolute atomic E-state index is 0.0415. The summed E-state index contributed by atoms with van der Waals surface area (Å²) in [5.74, 6) is 0.809. The van der Waals surface area contributed by atoms with Gasteiger partial charge < -0.3 is 0 Å². The molecular weight excluding hydrogens is 264 g/mol. The molecule has 2 atom stereocenters. The molecule has 0 aliphatic carbocycles. The molecule has 20 heavy (non-hydrogen) atoms. The molecule has 0 saturated carbocycles. The number of carbonyl (C=O) groups is 1. The number of ketones is 1. The van der Waals surface area contributed by atoms with E-state index in [1.54, 1.807) is 11.3 Å². The second-order valence-electron chi connectivity index (χ2n) is 5.37. The molecule has 0 aliphatic heterocycles. The lowest BCUT2D eigenvalue weighted by Gasteiger charge is -2.22. The highest BCUT2D eigenvalue weighted by atomic mass is 32.1. The van der Waals surface area contributed by atoms with Crippen molar-refractivity contribution in [3.8, 4) is 0 Å². The molecule has 0 saturated heterocycles. The Balaban J connectivity index is 2.08. The zero-order chi connectivity index (χ0) is 14.4. The van der Waals surface area contributed by atoms with Gasteiger partial charge in [0, 0.05) is 12.3 Å². The molecule has 0 amide bonds. The Kier molecular flexibility index (Phi) is 5.54. The molecule has 0 radical (unpaired) electrons. The predicted molar refractivity (Wildman–Crippen MR) is 86.3 cm³/mol. The van der Waals surface area contributed by atoms with Gasteiger partial charge in [0.1, 0.15) is 5.78 Å². The lowest BCUT2D eigenvalue weighted by molar-refractivity contribution is -0.121. The fraction of sp³-hybridized carbons (Fsp3) is 0.389. The lowest BCUT2D eigenvalue weighted by Crippen LogP contribution is -2.20. The Bertz CT molecular complexity index is 516. The lowest BCUT2D eigenvalue weighted by atomic mass is 9.81. The minimum atomic E-state index is 0.0415. The summed E-state index contributed by atoms with van der Waals surface area (Å²) in [6, 6.07) is 12.3. The van der Waals surface area contributed by atoms with E-state index in [-0.39, 0.29) is 5.92 Å². The first-order valence-electron chi connectivity index (χ1n) is 7.31. The number of benzene rings is 1.